The van der Waals surface area contributed by atoms with E-state index in [0.717, 1.165) is 64.7 Å². The number of piperidine rings is 1. The highest BCUT2D eigenvalue weighted by Gasteiger charge is 2.44. The van der Waals surface area contributed by atoms with Gasteiger partial charge in [-0.2, -0.15) is 4.98 Å². The third kappa shape index (κ3) is 13.5. The molecule has 0 unspecified atom stereocenters. The fourth-order valence-corrected chi connectivity index (χ4v) is 11.2. The standard InChI is InChI=1S/C52H66ClFN12O6S2/c1-33-46(73-32-57-33)36-13-11-34(12-14-36)27-55-49(69)44-26-38(67)30-66(44)50(70)47(52(2,3)4)60-45(68)31-64-23-21-63(22-24-64)29-35-17-19-65(20-18-35)42-16-15-37(25-40(42)54)58-51-56-28-39(53)48(61-51)59-41-9-7-8-10-43(41)62(5)74(6,71)72/h7-16,25,28,32,35,38,44,47,67H,17-24,26-27,29-31H2,1-6H3,(H,55,69)(H,60,68)(H2,56,58,59,61)/t38-,44+,47-/m1/s1. The van der Waals surface area contributed by atoms with E-state index in [0.29, 0.717) is 54.8 Å². The van der Waals surface area contributed by atoms with Crippen LogP contribution in [0, 0.1) is 24.1 Å². The second kappa shape index (κ2) is 23.3. The minimum atomic E-state index is -3.54. The molecule has 396 valence electrons. The number of carbonyl (C=O) groups excluding carboxylic acids is 3. The molecule has 5 heterocycles. The van der Waals surface area contributed by atoms with Crippen molar-refractivity contribution in [3.05, 3.63) is 101 Å². The van der Waals surface area contributed by atoms with Gasteiger partial charge in [-0.1, -0.05) is 68.8 Å². The Balaban J connectivity index is 0.772. The number of amides is 3. The number of aryl methyl sites for hydroxylation is 1. The first-order valence-electron chi connectivity index (χ1n) is 24.8. The van der Waals surface area contributed by atoms with Crippen molar-refractivity contribution in [1.29, 1.82) is 0 Å². The van der Waals surface area contributed by atoms with Gasteiger partial charge >= 0.3 is 0 Å². The molecule has 2 aromatic heterocycles. The first-order chi connectivity index (χ1) is 35.2. The molecule has 3 aromatic carbocycles. The Bertz CT molecular complexity index is 2910. The molecule has 3 aliphatic rings. The van der Waals surface area contributed by atoms with E-state index in [1.807, 2.05) is 57.5 Å². The summed E-state index contributed by atoms with van der Waals surface area (Å²) in [5, 5.41) is 23.0. The van der Waals surface area contributed by atoms with E-state index in [1.165, 1.54) is 24.2 Å². The molecule has 22 heteroatoms. The lowest BCUT2D eigenvalue weighted by Crippen LogP contribution is -2.59. The Labute approximate surface area is 441 Å². The predicted molar refractivity (Wildman–Crippen MR) is 289 cm³/mol. The topological polar surface area (TPSA) is 209 Å². The number of anilines is 6. The number of nitrogens with zero attached hydrogens (tertiary/aromatic N) is 8. The molecule has 0 aliphatic carbocycles. The maximum absolute atomic E-state index is 15.7. The summed E-state index contributed by atoms with van der Waals surface area (Å²) in [6.07, 6.45) is 3.57. The number of benzene rings is 3. The van der Waals surface area contributed by atoms with Crippen LogP contribution in [0.1, 0.15) is 51.3 Å². The van der Waals surface area contributed by atoms with Gasteiger partial charge in [-0.25, -0.2) is 22.8 Å². The molecule has 8 rings (SSSR count). The summed E-state index contributed by atoms with van der Waals surface area (Å²) in [7, 11) is -2.08. The van der Waals surface area contributed by atoms with Crippen molar-refractivity contribution in [2.24, 2.45) is 11.3 Å². The molecule has 5 N–H and O–H groups in total. The number of sulfonamides is 1. The van der Waals surface area contributed by atoms with Gasteiger partial charge in [0.15, 0.2) is 5.82 Å². The third-order valence-corrected chi connectivity index (χ3v) is 16.4. The van der Waals surface area contributed by atoms with E-state index < -0.39 is 39.5 Å². The van der Waals surface area contributed by atoms with Gasteiger partial charge in [-0.3, -0.25) is 23.6 Å². The molecule has 3 amide bonds. The molecule has 3 fully saturated rings. The molecule has 3 aliphatic heterocycles. The van der Waals surface area contributed by atoms with Crippen molar-refractivity contribution < 1.29 is 32.3 Å². The molecular formula is C52H66ClFN12O6S2. The van der Waals surface area contributed by atoms with Crippen LogP contribution >= 0.6 is 22.9 Å². The maximum atomic E-state index is 15.7. The van der Waals surface area contributed by atoms with E-state index in [-0.39, 0.29) is 60.5 Å². The highest BCUT2D eigenvalue weighted by atomic mass is 35.5. The number of likely N-dealkylation sites (tertiary alicyclic amines) is 1. The molecule has 0 bridgehead atoms. The van der Waals surface area contributed by atoms with Crippen molar-refractivity contribution in [2.75, 3.05) is 92.0 Å². The average molecular weight is 1070 g/mol. The maximum Gasteiger partial charge on any atom is 0.246 e. The minimum Gasteiger partial charge on any atom is -0.391 e. The zero-order valence-corrected chi connectivity index (χ0v) is 45.0. The summed E-state index contributed by atoms with van der Waals surface area (Å²) in [6.45, 7) is 13.3. The molecule has 0 radical (unpaired) electrons. The van der Waals surface area contributed by atoms with E-state index in [2.05, 4.69) is 50.9 Å². The summed E-state index contributed by atoms with van der Waals surface area (Å²) >= 11 is 8.00. The van der Waals surface area contributed by atoms with Crippen LogP contribution in [0.15, 0.2) is 78.4 Å². The molecule has 74 heavy (non-hydrogen) atoms. The number of β-amino-alcohol motifs (C(OH)–C–C–N with tert-alkyl or cyclic N) is 1. The number of rotatable bonds is 17. The molecular weight excluding hydrogens is 1010 g/mol. The van der Waals surface area contributed by atoms with E-state index in [9.17, 15) is 27.9 Å². The highest BCUT2D eigenvalue weighted by molar-refractivity contribution is 7.92. The van der Waals surface area contributed by atoms with Gasteiger partial charge in [0.05, 0.1) is 58.2 Å². The lowest BCUT2D eigenvalue weighted by atomic mass is 9.85. The van der Waals surface area contributed by atoms with E-state index in [4.69, 9.17) is 11.6 Å². The summed E-state index contributed by atoms with van der Waals surface area (Å²) in [5.74, 6) is -0.556. The monoisotopic (exact) mass is 1070 g/mol. The van der Waals surface area contributed by atoms with Crippen LogP contribution in [0.5, 0.6) is 0 Å². The first-order valence-corrected chi connectivity index (χ1v) is 27.9. The van der Waals surface area contributed by atoms with Crippen LogP contribution in [0.2, 0.25) is 5.02 Å². The van der Waals surface area contributed by atoms with Gasteiger partial charge in [0, 0.05) is 78.1 Å². The van der Waals surface area contributed by atoms with Crippen LogP contribution in [0.25, 0.3) is 10.4 Å². The fraction of sp³-hybridized carbons (Fsp3) is 0.462. The number of carbonyl (C=O) groups is 3. The largest absolute Gasteiger partial charge is 0.391 e. The van der Waals surface area contributed by atoms with Crippen molar-refractivity contribution in [2.45, 2.75) is 71.7 Å². The highest BCUT2D eigenvalue weighted by Crippen LogP contribution is 2.34. The SMILES string of the molecule is Cc1ncsc1-c1ccc(CNC(=O)[C@@H]2C[C@@H](O)CN2C(=O)[C@@H](NC(=O)CN2CCN(CC3CCN(c4ccc(Nc5ncc(Cl)c(Nc6ccccc6N(C)S(C)(=O)=O)n5)cc4F)CC3)CC2)C(C)(C)C)cc1. The number of nitrogens with one attached hydrogen (secondary N) is 4. The van der Waals surface area contributed by atoms with Crippen molar-refractivity contribution >= 4 is 85.2 Å². The number of aliphatic hydroxyl groups is 1. The molecule has 3 atom stereocenters. The van der Waals surface area contributed by atoms with Gasteiger partial charge in [0.25, 0.3) is 0 Å². The number of aromatic nitrogens is 3. The van der Waals surface area contributed by atoms with Crippen molar-refractivity contribution in [1.82, 2.24) is 40.3 Å². The Hall–Kier alpha value is -5.97. The lowest BCUT2D eigenvalue weighted by Gasteiger charge is -2.39. The fourth-order valence-electron chi connectivity index (χ4n) is 9.69. The quantitative estimate of drug-likeness (QED) is 0.0701. The zero-order valence-electron chi connectivity index (χ0n) is 42.6. The Morgan fingerprint density at radius 2 is 1.66 bits per heavy atom. The van der Waals surface area contributed by atoms with Gasteiger partial charge in [0.1, 0.15) is 22.9 Å². The van der Waals surface area contributed by atoms with Crippen molar-refractivity contribution in [3.8, 4) is 10.4 Å². The Kier molecular flexibility index (Phi) is 17.1. The van der Waals surface area contributed by atoms with Crippen LogP contribution in [0.4, 0.5) is 38.9 Å². The lowest BCUT2D eigenvalue weighted by molar-refractivity contribution is -0.144. The summed E-state index contributed by atoms with van der Waals surface area (Å²) in [6, 6.07) is 17.9. The van der Waals surface area contributed by atoms with Gasteiger partial charge in [-0.15, -0.1) is 11.3 Å². The number of para-hydroxylation sites is 2. The average Bonchev–Trinajstić information content (AvgIpc) is 3.98. The van der Waals surface area contributed by atoms with Crippen LogP contribution < -0.4 is 30.5 Å². The summed E-state index contributed by atoms with van der Waals surface area (Å²) < 4.78 is 41.4. The normalized spacial score (nSPS) is 18.5. The molecule has 3 saturated heterocycles. The van der Waals surface area contributed by atoms with Crippen molar-refractivity contribution in [3.63, 3.8) is 0 Å². The predicted octanol–water partition coefficient (Wildman–Crippen LogP) is 6.23. The molecule has 5 aromatic rings. The van der Waals surface area contributed by atoms with E-state index >= 15 is 4.39 Å². The van der Waals surface area contributed by atoms with Gasteiger partial charge in [-0.05, 0) is 72.6 Å². The Morgan fingerprint density at radius 3 is 2.32 bits per heavy atom. The Morgan fingerprint density at radius 1 is 0.959 bits per heavy atom. The summed E-state index contributed by atoms with van der Waals surface area (Å²) in [5.41, 5.74) is 5.89. The van der Waals surface area contributed by atoms with Gasteiger partial charge < -0.3 is 41.1 Å². The molecule has 0 saturated carbocycles. The number of halogens is 2. The molecule has 18 nitrogen and oxygen atoms in total. The number of thiazole rings is 1. The second-order valence-corrected chi connectivity index (χ2v) is 23.8. The zero-order chi connectivity index (χ0) is 52.9. The van der Waals surface area contributed by atoms with Gasteiger partial charge in [0.2, 0.25) is 33.7 Å². The van der Waals surface area contributed by atoms with Crippen LogP contribution in [-0.2, 0) is 31.0 Å². The smallest absolute Gasteiger partial charge is 0.246 e. The second-order valence-electron chi connectivity index (χ2n) is 20.5. The number of aliphatic hydroxyl groups excluding tert-OH is 1. The first kappa shape index (κ1) is 54.3. The number of piperazine rings is 1. The minimum absolute atomic E-state index is 0.00344. The van der Waals surface area contributed by atoms with Crippen LogP contribution in [0.3, 0.4) is 0 Å². The van der Waals surface area contributed by atoms with E-state index in [1.54, 1.807) is 47.7 Å². The number of hydrogen-bond acceptors (Lipinski definition) is 15. The third-order valence-electron chi connectivity index (χ3n) is 14.0. The van der Waals surface area contributed by atoms with Crippen LogP contribution in [-0.4, -0.2) is 151 Å². The number of hydrogen-bond donors (Lipinski definition) is 5. The molecule has 0 spiro atoms. The summed E-state index contributed by atoms with van der Waals surface area (Å²) in [4.78, 5) is 63.6.